The van der Waals surface area contributed by atoms with Gasteiger partial charge in [0.15, 0.2) is 5.78 Å². The third-order valence-corrected chi connectivity index (χ3v) is 2.85. The molecule has 0 radical (unpaired) electrons. The van der Waals surface area contributed by atoms with E-state index in [1.165, 1.54) is 0 Å². The molecule has 0 unspecified atom stereocenters. The van der Waals surface area contributed by atoms with Crippen LogP contribution in [0.3, 0.4) is 0 Å². The molecule has 1 amide bonds. The van der Waals surface area contributed by atoms with Gasteiger partial charge >= 0.3 is 0 Å². The zero-order chi connectivity index (χ0) is 11.4. The number of Topliss-reactive ketones (excluding diaryl/α,β-unsaturated/α-hetero) is 1. The van der Waals surface area contributed by atoms with Crippen LogP contribution in [-0.4, -0.2) is 17.7 Å². The molecular weight excluding hydrogens is 202 g/mol. The lowest BCUT2D eigenvalue weighted by Gasteiger charge is -2.10. The van der Waals surface area contributed by atoms with Crippen LogP contribution in [0.15, 0.2) is 30.3 Å². The van der Waals surface area contributed by atoms with E-state index in [2.05, 4.69) is 5.32 Å². The van der Waals surface area contributed by atoms with Crippen molar-refractivity contribution in [2.75, 3.05) is 0 Å². The van der Waals surface area contributed by atoms with Crippen LogP contribution in [-0.2, 0) is 16.0 Å². The molecule has 0 aliphatic heterocycles. The molecule has 0 saturated heterocycles. The largest absolute Gasteiger partial charge is 0.346 e. The Hall–Kier alpha value is -1.64. The van der Waals surface area contributed by atoms with E-state index in [0.717, 1.165) is 18.4 Å². The smallest absolute Gasteiger partial charge is 0.224 e. The minimum atomic E-state index is -0.240. The summed E-state index contributed by atoms with van der Waals surface area (Å²) in [5.41, 5.74) is 0.977. The Bertz CT molecular complexity index is 386. The van der Waals surface area contributed by atoms with Crippen molar-refractivity contribution in [3.63, 3.8) is 0 Å². The van der Waals surface area contributed by atoms with E-state index in [1.54, 1.807) is 0 Å². The van der Waals surface area contributed by atoms with Crippen LogP contribution < -0.4 is 5.32 Å². The van der Waals surface area contributed by atoms with Gasteiger partial charge < -0.3 is 5.32 Å². The van der Waals surface area contributed by atoms with Gasteiger partial charge in [0.05, 0.1) is 12.5 Å². The summed E-state index contributed by atoms with van der Waals surface area (Å²) in [5, 5.41) is 2.79. The first-order chi connectivity index (χ1) is 7.75. The van der Waals surface area contributed by atoms with Gasteiger partial charge in [-0.3, -0.25) is 9.59 Å². The van der Waals surface area contributed by atoms with Crippen molar-refractivity contribution in [3.05, 3.63) is 35.9 Å². The number of rotatable bonds is 3. The van der Waals surface area contributed by atoms with E-state index >= 15 is 0 Å². The van der Waals surface area contributed by atoms with Crippen molar-refractivity contribution in [3.8, 4) is 0 Å². The Labute approximate surface area is 94.9 Å². The predicted octanol–water partition coefficient (Wildman–Crippen LogP) is 1.47. The van der Waals surface area contributed by atoms with Crippen LogP contribution in [0, 0.1) is 0 Å². The second kappa shape index (κ2) is 4.92. The molecule has 1 aliphatic rings. The first-order valence-corrected chi connectivity index (χ1v) is 5.62. The highest BCUT2D eigenvalue weighted by molar-refractivity contribution is 5.91. The highest BCUT2D eigenvalue weighted by Crippen LogP contribution is 2.14. The van der Waals surface area contributed by atoms with Crippen LogP contribution in [0.2, 0.25) is 0 Å². The summed E-state index contributed by atoms with van der Waals surface area (Å²) in [4.78, 5) is 23.0. The van der Waals surface area contributed by atoms with E-state index in [4.69, 9.17) is 0 Å². The maximum Gasteiger partial charge on any atom is 0.224 e. The highest BCUT2D eigenvalue weighted by atomic mass is 16.2. The van der Waals surface area contributed by atoms with Gasteiger partial charge in [-0.25, -0.2) is 0 Å². The van der Waals surface area contributed by atoms with Crippen molar-refractivity contribution >= 4 is 11.7 Å². The van der Waals surface area contributed by atoms with Crippen molar-refractivity contribution in [2.24, 2.45) is 0 Å². The Morgan fingerprint density at radius 2 is 2.06 bits per heavy atom. The fraction of sp³-hybridized carbons (Fsp3) is 0.385. The lowest BCUT2D eigenvalue weighted by atomic mass is 10.1. The molecule has 1 aromatic rings. The molecule has 2 rings (SSSR count). The monoisotopic (exact) mass is 217 g/mol. The lowest BCUT2D eigenvalue weighted by Crippen LogP contribution is -2.38. The molecule has 3 nitrogen and oxygen atoms in total. The van der Waals surface area contributed by atoms with Crippen LogP contribution in [0.4, 0.5) is 0 Å². The summed E-state index contributed by atoms with van der Waals surface area (Å²) in [6.45, 7) is 0. The zero-order valence-corrected chi connectivity index (χ0v) is 9.11. The Balaban J connectivity index is 1.87. The van der Waals surface area contributed by atoms with Gasteiger partial charge in [0.25, 0.3) is 0 Å². The van der Waals surface area contributed by atoms with Crippen LogP contribution in [0.25, 0.3) is 0 Å². The van der Waals surface area contributed by atoms with Crippen LogP contribution in [0.5, 0.6) is 0 Å². The molecule has 0 bridgehead atoms. The highest BCUT2D eigenvalue weighted by Gasteiger charge is 2.25. The van der Waals surface area contributed by atoms with Gasteiger partial charge in [0.2, 0.25) is 5.91 Å². The Morgan fingerprint density at radius 3 is 2.69 bits per heavy atom. The number of nitrogens with one attached hydrogen (secondary N) is 1. The molecule has 1 aliphatic carbocycles. The molecule has 0 aromatic heterocycles. The van der Waals surface area contributed by atoms with E-state index < -0.39 is 0 Å². The predicted molar refractivity (Wildman–Crippen MR) is 60.9 cm³/mol. The first kappa shape index (κ1) is 10.9. The average Bonchev–Trinajstić information content (AvgIpc) is 2.66. The summed E-state index contributed by atoms with van der Waals surface area (Å²) in [6.07, 6.45) is 2.65. The zero-order valence-electron chi connectivity index (χ0n) is 9.11. The molecule has 1 aromatic carbocycles. The summed E-state index contributed by atoms with van der Waals surface area (Å²) < 4.78 is 0. The molecular formula is C13H15NO2. The first-order valence-electron chi connectivity index (χ1n) is 5.62. The topological polar surface area (TPSA) is 46.2 Å². The average molecular weight is 217 g/mol. The van der Waals surface area contributed by atoms with Gasteiger partial charge in [0.1, 0.15) is 0 Å². The van der Waals surface area contributed by atoms with Crippen LogP contribution in [0.1, 0.15) is 24.8 Å². The number of ketones is 1. The van der Waals surface area contributed by atoms with Crippen molar-refractivity contribution in [1.29, 1.82) is 0 Å². The number of benzene rings is 1. The third-order valence-electron chi connectivity index (χ3n) is 2.85. The molecule has 1 N–H and O–H groups in total. The second-order valence-corrected chi connectivity index (χ2v) is 4.14. The molecule has 3 heteroatoms. The maximum atomic E-state index is 11.7. The third kappa shape index (κ3) is 2.69. The van der Waals surface area contributed by atoms with Gasteiger partial charge in [0, 0.05) is 6.42 Å². The molecule has 0 spiro atoms. The number of hydrogen-bond acceptors (Lipinski definition) is 2. The molecule has 16 heavy (non-hydrogen) atoms. The summed E-state index contributed by atoms with van der Waals surface area (Å²) in [5.74, 6) is 0.105. The standard InChI is InChI=1S/C13H15NO2/c15-12-8-4-7-11(12)14-13(16)9-10-5-2-1-3-6-10/h1-3,5-6,11H,4,7-9H2,(H,14,16)/t11-/m0/s1. The Morgan fingerprint density at radius 1 is 1.31 bits per heavy atom. The second-order valence-electron chi connectivity index (χ2n) is 4.14. The number of carbonyl (C=O) groups excluding carboxylic acids is 2. The summed E-state index contributed by atoms with van der Waals surface area (Å²) in [6, 6.07) is 9.32. The quantitative estimate of drug-likeness (QED) is 0.833. The van der Waals surface area contributed by atoms with Crippen molar-refractivity contribution in [2.45, 2.75) is 31.7 Å². The molecule has 1 atom stereocenters. The van der Waals surface area contributed by atoms with Gasteiger partial charge in [-0.05, 0) is 18.4 Å². The van der Waals surface area contributed by atoms with E-state index in [0.29, 0.717) is 12.8 Å². The summed E-state index contributed by atoms with van der Waals surface area (Å²) in [7, 11) is 0. The van der Waals surface area contributed by atoms with E-state index in [-0.39, 0.29) is 17.7 Å². The fourth-order valence-corrected chi connectivity index (χ4v) is 1.99. The van der Waals surface area contributed by atoms with Crippen molar-refractivity contribution in [1.82, 2.24) is 5.32 Å². The van der Waals surface area contributed by atoms with Gasteiger partial charge in [-0.1, -0.05) is 30.3 Å². The van der Waals surface area contributed by atoms with Gasteiger partial charge in [-0.15, -0.1) is 0 Å². The Kier molecular flexibility index (Phi) is 3.34. The minimum absolute atomic E-state index is 0.0635. The number of hydrogen-bond donors (Lipinski definition) is 1. The minimum Gasteiger partial charge on any atom is -0.346 e. The number of carbonyl (C=O) groups is 2. The lowest BCUT2D eigenvalue weighted by molar-refractivity contribution is -0.126. The normalized spacial score (nSPS) is 19.8. The van der Waals surface area contributed by atoms with Crippen molar-refractivity contribution < 1.29 is 9.59 Å². The maximum absolute atomic E-state index is 11.7. The number of amides is 1. The van der Waals surface area contributed by atoms with Crippen LogP contribution >= 0.6 is 0 Å². The molecule has 1 saturated carbocycles. The van der Waals surface area contributed by atoms with E-state index in [9.17, 15) is 9.59 Å². The molecule has 1 fully saturated rings. The molecule has 84 valence electrons. The summed E-state index contributed by atoms with van der Waals surface area (Å²) >= 11 is 0. The molecule has 0 heterocycles. The SMILES string of the molecule is O=C(Cc1ccccc1)N[C@H]1CCCC1=O. The van der Waals surface area contributed by atoms with E-state index in [1.807, 2.05) is 30.3 Å². The fourth-order valence-electron chi connectivity index (χ4n) is 1.99. The van der Waals surface area contributed by atoms with Gasteiger partial charge in [-0.2, -0.15) is 0 Å².